The third-order valence-electron chi connectivity index (χ3n) is 1.16. The summed E-state index contributed by atoms with van der Waals surface area (Å²) in [6.07, 6.45) is 4.18. The molecule has 0 unspecified atom stereocenters. The fourth-order valence-electron chi connectivity index (χ4n) is 0.621. The number of hydrogen-bond donors (Lipinski definition) is 1. The smallest absolute Gasteiger partial charge is 0.113 e. The number of rotatable bonds is 1. The molecule has 0 radical (unpaired) electrons. The van der Waals surface area contributed by atoms with Crippen LogP contribution in [0, 0.1) is 0 Å². The second-order valence-corrected chi connectivity index (χ2v) is 1.71. The van der Waals surface area contributed by atoms with Crippen molar-refractivity contribution < 1.29 is 4.42 Å². The Morgan fingerprint density at radius 1 is 1.62 bits per heavy atom. The molecule has 1 aromatic heterocycles. The first kappa shape index (κ1) is 5.22. The van der Waals surface area contributed by atoms with Gasteiger partial charge >= 0.3 is 0 Å². The third kappa shape index (κ3) is 0.689. The van der Waals surface area contributed by atoms with Crippen LogP contribution in [-0.2, 0) is 6.42 Å². The molecular weight excluding hydrogens is 102 g/mol. The highest BCUT2D eigenvalue weighted by molar-refractivity contribution is 5.42. The molecular formula is C6H9NO. The molecule has 0 saturated heterocycles. The van der Waals surface area contributed by atoms with Crippen LogP contribution in [0.3, 0.4) is 0 Å². The Kier molecular flexibility index (Phi) is 1.24. The summed E-state index contributed by atoms with van der Waals surface area (Å²) in [5, 5.41) is 0. The summed E-state index contributed by atoms with van der Waals surface area (Å²) in [6, 6.07) is 0. The van der Waals surface area contributed by atoms with Crippen LogP contribution >= 0.6 is 0 Å². The van der Waals surface area contributed by atoms with Gasteiger partial charge in [0.2, 0.25) is 0 Å². The van der Waals surface area contributed by atoms with E-state index in [2.05, 4.69) is 0 Å². The van der Waals surface area contributed by atoms with Gasteiger partial charge in [0.05, 0.1) is 12.0 Å². The summed E-state index contributed by atoms with van der Waals surface area (Å²) < 4.78 is 4.81. The fraction of sp³-hybridized carbons (Fsp3) is 0.333. The SMILES string of the molecule is CCc1cocc1N. The zero-order valence-electron chi connectivity index (χ0n) is 4.85. The largest absolute Gasteiger partial charge is 0.470 e. The standard InChI is InChI=1S/C6H9NO/c1-2-5-3-8-4-6(5)7/h3-4H,2,7H2,1H3. The van der Waals surface area contributed by atoms with Gasteiger partial charge in [0.15, 0.2) is 0 Å². The van der Waals surface area contributed by atoms with Gasteiger partial charge in [-0.1, -0.05) is 6.92 Å². The number of nitrogen functional groups attached to an aromatic ring is 1. The first-order valence-electron chi connectivity index (χ1n) is 2.65. The molecule has 0 saturated carbocycles. The number of anilines is 1. The van der Waals surface area contributed by atoms with Gasteiger partial charge in [-0.15, -0.1) is 0 Å². The lowest BCUT2D eigenvalue weighted by atomic mass is 10.2. The predicted molar refractivity (Wildman–Crippen MR) is 32.5 cm³/mol. The van der Waals surface area contributed by atoms with Gasteiger partial charge in [0, 0.05) is 5.56 Å². The second kappa shape index (κ2) is 1.90. The number of furan rings is 1. The van der Waals surface area contributed by atoms with Crippen molar-refractivity contribution in [3.63, 3.8) is 0 Å². The molecule has 1 heterocycles. The molecule has 0 aliphatic heterocycles. The Labute approximate surface area is 48.3 Å². The average Bonchev–Trinajstić information content (AvgIpc) is 2.14. The molecule has 44 valence electrons. The van der Waals surface area contributed by atoms with Crippen molar-refractivity contribution in [3.05, 3.63) is 18.1 Å². The van der Waals surface area contributed by atoms with E-state index in [9.17, 15) is 0 Å². The molecule has 0 aromatic carbocycles. The topological polar surface area (TPSA) is 39.2 Å². The van der Waals surface area contributed by atoms with E-state index >= 15 is 0 Å². The Morgan fingerprint density at radius 2 is 2.38 bits per heavy atom. The van der Waals surface area contributed by atoms with Crippen LogP contribution in [0.5, 0.6) is 0 Å². The molecule has 0 bridgehead atoms. The summed E-state index contributed by atoms with van der Waals surface area (Å²) >= 11 is 0. The highest BCUT2D eigenvalue weighted by Crippen LogP contribution is 2.11. The molecule has 8 heavy (non-hydrogen) atoms. The van der Waals surface area contributed by atoms with Gasteiger partial charge in [-0.05, 0) is 6.42 Å². The summed E-state index contributed by atoms with van der Waals surface area (Å²) in [5.74, 6) is 0. The summed E-state index contributed by atoms with van der Waals surface area (Å²) in [7, 11) is 0. The van der Waals surface area contributed by atoms with Crippen molar-refractivity contribution in [1.82, 2.24) is 0 Å². The van der Waals surface area contributed by atoms with Crippen molar-refractivity contribution >= 4 is 5.69 Å². The minimum Gasteiger partial charge on any atom is -0.470 e. The van der Waals surface area contributed by atoms with Crippen LogP contribution in [0.4, 0.5) is 5.69 Å². The zero-order chi connectivity index (χ0) is 5.98. The molecule has 1 aromatic rings. The van der Waals surface area contributed by atoms with E-state index in [-0.39, 0.29) is 0 Å². The lowest BCUT2D eigenvalue weighted by Gasteiger charge is -1.85. The predicted octanol–water partition coefficient (Wildman–Crippen LogP) is 1.42. The van der Waals surface area contributed by atoms with E-state index in [1.54, 1.807) is 12.5 Å². The Hall–Kier alpha value is -0.920. The number of nitrogens with two attached hydrogens (primary N) is 1. The highest BCUT2D eigenvalue weighted by Gasteiger charge is 1.94. The van der Waals surface area contributed by atoms with Gasteiger partial charge in [0.1, 0.15) is 6.26 Å². The zero-order valence-corrected chi connectivity index (χ0v) is 4.85. The Morgan fingerprint density at radius 3 is 2.62 bits per heavy atom. The van der Waals surface area contributed by atoms with Crippen LogP contribution in [-0.4, -0.2) is 0 Å². The average molecular weight is 111 g/mol. The normalized spacial score (nSPS) is 9.62. The van der Waals surface area contributed by atoms with Crippen LogP contribution in [0.25, 0.3) is 0 Å². The highest BCUT2D eigenvalue weighted by atomic mass is 16.3. The van der Waals surface area contributed by atoms with Crippen molar-refractivity contribution in [2.45, 2.75) is 13.3 Å². The molecule has 1 rings (SSSR count). The Balaban J connectivity index is 2.92. The fourth-order valence-corrected chi connectivity index (χ4v) is 0.621. The molecule has 0 atom stereocenters. The summed E-state index contributed by atoms with van der Waals surface area (Å²) in [6.45, 7) is 2.04. The minimum absolute atomic E-state index is 0.757. The second-order valence-electron chi connectivity index (χ2n) is 1.71. The van der Waals surface area contributed by atoms with Gasteiger partial charge in [-0.3, -0.25) is 0 Å². The third-order valence-corrected chi connectivity index (χ3v) is 1.16. The quantitative estimate of drug-likeness (QED) is 0.595. The lowest BCUT2D eigenvalue weighted by Crippen LogP contribution is -1.85. The minimum atomic E-state index is 0.757. The van der Waals surface area contributed by atoms with Gasteiger partial charge < -0.3 is 10.2 Å². The molecule has 2 heteroatoms. The van der Waals surface area contributed by atoms with Crippen LogP contribution < -0.4 is 5.73 Å². The molecule has 0 spiro atoms. The van der Waals surface area contributed by atoms with E-state index in [1.165, 1.54) is 0 Å². The van der Waals surface area contributed by atoms with E-state index < -0.39 is 0 Å². The molecule has 0 aliphatic rings. The van der Waals surface area contributed by atoms with Crippen molar-refractivity contribution in [3.8, 4) is 0 Å². The van der Waals surface area contributed by atoms with E-state index in [4.69, 9.17) is 10.2 Å². The van der Waals surface area contributed by atoms with E-state index in [0.29, 0.717) is 0 Å². The van der Waals surface area contributed by atoms with Crippen LogP contribution in [0.15, 0.2) is 16.9 Å². The summed E-state index contributed by atoms with van der Waals surface area (Å²) in [5.41, 5.74) is 7.30. The van der Waals surface area contributed by atoms with Crippen molar-refractivity contribution in [1.29, 1.82) is 0 Å². The van der Waals surface area contributed by atoms with E-state index in [0.717, 1.165) is 17.7 Å². The molecule has 0 amide bonds. The first-order chi connectivity index (χ1) is 3.84. The molecule has 0 aliphatic carbocycles. The Bertz CT molecular complexity index is 169. The van der Waals surface area contributed by atoms with Crippen LogP contribution in [0.1, 0.15) is 12.5 Å². The maximum Gasteiger partial charge on any atom is 0.113 e. The van der Waals surface area contributed by atoms with Crippen molar-refractivity contribution in [2.75, 3.05) is 5.73 Å². The molecule has 2 nitrogen and oxygen atoms in total. The van der Waals surface area contributed by atoms with Crippen LogP contribution in [0.2, 0.25) is 0 Å². The lowest BCUT2D eigenvalue weighted by molar-refractivity contribution is 0.565. The number of aryl methyl sites for hydroxylation is 1. The van der Waals surface area contributed by atoms with Gasteiger partial charge in [0.25, 0.3) is 0 Å². The molecule has 2 N–H and O–H groups in total. The molecule has 0 fully saturated rings. The van der Waals surface area contributed by atoms with Gasteiger partial charge in [-0.2, -0.15) is 0 Å². The summed E-state index contributed by atoms with van der Waals surface area (Å²) in [4.78, 5) is 0. The van der Waals surface area contributed by atoms with Gasteiger partial charge in [-0.25, -0.2) is 0 Å². The maximum absolute atomic E-state index is 5.46. The first-order valence-corrected chi connectivity index (χ1v) is 2.65. The van der Waals surface area contributed by atoms with E-state index in [1.807, 2.05) is 6.92 Å². The maximum atomic E-state index is 5.46. The van der Waals surface area contributed by atoms with Crippen molar-refractivity contribution in [2.24, 2.45) is 0 Å². The number of hydrogen-bond acceptors (Lipinski definition) is 2. The monoisotopic (exact) mass is 111 g/mol.